The van der Waals surface area contributed by atoms with Gasteiger partial charge in [-0.2, -0.15) is 0 Å². The van der Waals surface area contributed by atoms with E-state index < -0.39 is 5.97 Å². The van der Waals surface area contributed by atoms with Gasteiger partial charge in [0.05, 0.1) is 11.5 Å². The molecule has 92 valence electrons. The van der Waals surface area contributed by atoms with Crippen molar-refractivity contribution >= 4 is 39.8 Å². The normalized spacial score (nSPS) is 12.6. The molecule has 0 N–H and O–H groups in total. The van der Waals surface area contributed by atoms with Crippen molar-refractivity contribution < 1.29 is 9.53 Å². The Morgan fingerprint density at radius 3 is 2.76 bits per heavy atom. The molecule has 0 aliphatic rings. The molecule has 1 heterocycles. The fourth-order valence-corrected chi connectivity index (χ4v) is 1.71. The summed E-state index contributed by atoms with van der Waals surface area (Å²) in [7, 11) is 0. The Balaban J connectivity index is 2.99. The molecule has 6 heteroatoms. The van der Waals surface area contributed by atoms with Crippen LogP contribution in [0.25, 0.3) is 0 Å². The molecule has 1 rings (SSSR count). The molecule has 0 aliphatic carbocycles. The van der Waals surface area contributed by atoms with E-state index in [-0.39, 0.29) is 5.71 Å². The van der Waals surface area contributed by atoms with Gasteiger partial charge in [-0.15, -0.1) is 21.5 Å². The standard InChI is InChI=1S/C11H13ClN2O2S/c1-3-9(12)13-14-10(11(15)16-4-2)8-6-5-7-17-8/h5-7H,3-4H2,1-2H3/b13-9+,14-10+. The predicted octanol–water partition coefficient (Wildman–Crippen LogP) is 3.06. The van der Waals surface area contributed by atoms with Gasteiger partial charge in [-0.3, -0.25) is 0 Å². The Morgan fingerprint density at radius 1 is 1.47 bits per heavy atom. The summed E-state index contributed by atoms with van der Waals surface area (Å²) in [5, 5.41) is 9.85. The number of carbonyl (C=O) groups is 1. The number of ether oxygens (including phenoxy) is 1. The van der Waals surface area contributed by atoms with Crippen LogP contribution in [0.2, 0.25) is 0 Å². The van der Waals surface area contributed by atoms with E-state index in [2.05, 4.69) is 10.2 Å². The first-order valence-electron chi connectivity index (χ1n) is 5.20. The van der Waals surface area contributed by atoms with Crippen molar-refractivity contribution in [3.63, 3.8) is 0 Å². The number of thiophene rings is 1. The minimum atomic E-state index is -0.487. The van der Waals surface area contributed by atoms with E-state index >= 15 is 0 Å². The molecule has 0 unspecified atom stereocenters. The van der Waals surface area contributed by atoms with Crippen molar-refractivity contribution in [2.75, 3.05) is 6.61 Å². The molecule has 0 saturated heterocycles. The maximum absolute atomic E-state index is 11.7. The molecule has 0 fully saturated rings. The highest BCUT2D eigenvalue weighted by molar-refractivity contribution is 7.13. The fourth-order valence-electron chi connectivity index (χ4n) is 0.978. The summed E-state index contributed by atoms with van der Waals surface area (Å²) in [5.74, 6) is -0.487. The van der Waals surface area contributed by atoms with E-state index in [1.807, 2.05) is 18.4 Å². The third-order valence-corrected chi connectivity index (χ3v) is 2.99. The quantitative estimate of drug-likeness (QED) is 0.470. The van der Waals surface area contributed by atoms with Gasteiger partial charge >= 0.3 is 5.97 Å². The van der Waals surface area contributed by atoms with Crippen molar-refractivity contribution in [3.8, 4) is 0 Å². The Hall–Kier alpha value is -1.20. The lowest BCUT2D eigenvalue weighted by molar-refractivity contribution is -0.134. The zero-order valence-electron chi connectivity index (χ0n) is 9.64. The number of hydrogen-bond donors (Lipinski definition) is 0. The van der Waals surface area contributed by atoms with Crippen molar-refractivity contribution in [1.82, 2.24) is 0 Å². The zero-order chi connectivity index (χ0) is 12.7. The lowest BCUT2D eigenvalue weighted by atomic mass is 10.3. The van der Waals surface area contributed by atoms with Crippen molar-refractivity contribution in [2.45, 2.75) is 20.3 Å². The average molecular weight is 273 g/mol. The van der Waals surface area contributed by atoms with E-state index in [4.69, 9.17) is 16.3 Å². The molecule has 0 spiro atoms. The number of rotatable bonds is 5. The smallest absolute Gasteiger partial charge is 0.360 e. The molecule has 0 bridgehead atoms. The van der Waals surface area contributed by atoms with E-state index in [9.17, 15) is 4.79 Å². The molecule has 0 radical (unpaired) electrons. The molecule has 0 aromatic carbocycles. The Kier molecular flexibility index (Phi) is 5.86. The summed E-state index contributed by atoms with van der Waals surface area (Å²) in [6.07, 6.45) is 0.575. The van der Waals surface area contributed by atoms with E-state index in [1.54, 1.807) is 13.0 Å². The van der Waals surface area contributed by atoms with E-state index in [1.165, 1.54) is 11.3 Å². The van der Waals surface area contributed by atoms with Crippen LogP contribution in [-0.4, -0.2) is 23.5 Å². The molecular weight excluding hydrogens is 260 g/mol. The first kappa shape index (κ1) is 13.9. The third kappa shape index (κ3) is 4.28. The van der Waals surface area contributed by atoms with Gasteiger partial charge in [0.2, 0.25) is 0 Å². The van der Waals surface area contributed by atoms with Gasteiger partial charge in [0, 0.05) is 0 Å². The SMILES string of the molecule is CCOC(=O)/C(=N/N=C(/Cl)CC)c1cccs1. The Labute approximate surface area is 109 Å². The number of nitrogens with zero attached hydrogens (tertiary/aromatic N) is 2. The van der Waals surface area contributed by atoms with Crippen molar-refractivity contribution in [1.29, 1.82) is 0 Å². The Bertz CT molecular complexity index is 427. The lowest BCUT2D eigenvalue weighted by Crippen LogP contribution is -2.17. The number of hydrogen-bond acceptors (Lipinski definition) is 5. The van der Waals surface area contributed by atoms with Crippen molar-refractivity contribution in [2.24, 2.45) is 10.2 Å². The summed E-state index contributed by atoms with van der Waals surface area (Å²) in [6, 6.07) is 3.62. The second-order valence-electron chi connectivity index (χ2n) is 2.98. The Morgan fingerprint density at radius 2 is 2.24 bits per heavy atom. The van der Waals surface area contributed by atoms with Gasteiger partial charge in [-0.05, 0) is 24.8 Å². The van der Waals surface area contributed by atoms with Gasteiger partial charge in [0.15, 0.2) is 5.71 Å². The monoisotopic (exact) mass is 272 g/mol. The highest BCUT2D eigenvalue weighted by Gasteiger charge is 2.16. The second-order valence-corrected chi connectivity index (χ2v) is 4.36. The molecule has 0 aliphatic heterocycles. The van der Waals surface area contributed by atoms with Crippen LogP contribution in [0, 0.1) is 0 Å². The van der Waals surface area contributed by atoms with Gasteiger partial charge in [-0.25, -0.2) is 4.79 Å². The lowest BCUT2D eigenvalue weighted by Gasteiger charge is -2.01. The summed E-state index contributed by atoms with van der Waals surface area (Å²) >= 11 is 7.15. The number of esters is 1. The van der Waals surface area contributed by atoms with Crippen LogP contribution in [0.3, 0.4) is 0 Å². The zero-order valence-corrected chi connectivity index (χ0v) is 11.2. The average Bonchev–Trinajstić information content (AvgIpc) is 2.83. The van der Waals surface area contributed by atoms with Crippen LogP contribution >= 0.6 is 22.9 Å². The topological polar surface area (TPSA) is 51.0 Å². The number of carbonyl (C=O) groups excluding carboxylic acids is 1. The van der Waals surface area contributed by atoms with Gasteiger partial charge in [0.25, 0.3) is 0 Å². The highest BCUT2D eigenvalue weighted by Crippen LogP contribution is 2.12. The van der Waals surface area contributed by atoms with Crippen LogP contribution < -0.4 is 0 Å². The van der Waals surface area contributed by atoms with Gasteiger partial charge in [0.1, 0.15) is 5.17 Å². The first-order chi connectivity index (χ1) is 8.19. The largest absolute Gasteiger partial charge is 0.461 e. The van der Waals surface area contributed by atoms with Gasteiger partial charge in [-0.1, -0.05) is 24.6 Å². The molecule has 0 saturated carbocycles. The van der Waals surface area contributed by atoms with Crippen LogP contribution in [0.1, 0.15) is 25.1 Å². The van der Waals surface area contributed by atoms with Crippen LogP contribution in [0.5, 0.6) is 0 Å². The second kappa shape index (κ2) is 7.19. The van der Waals surface area contributed by atoms with Crippen LogP contribution in [-0.2, 0) is 9.53 Å². The first-order valence-corrected chi connectivity index (χ1v) is 6.45. The third-order valence-electron chi connectivity index (χ3n) is 1.77. The van der Waals surface area contributed by atoms with Crippen LogP contribution in [0.4, 0.5) is 0 Å². The predicted molar refractivity (Wildman–Crippen MR) is 71.1 cm³/mol. The minimum absolute atomic E-state index is 0.188. The van der Waals surface area contributed by atoms with Crippen molar-refractivity contribution in [3.05, 3.63) is 22.4 Å². The van der Waals surface area contributed by atoms with E-state index in [0.717, 1.165) is 0 Å². The molecule has 1 aromatic heterocycles. The van der Waals surface area contributed by atoms with E-state index in [0.29, 0.717) is 23.1 Å². The molecule has 1 aromatic rings. The summed E-state index contributed by atoms with van der Waals surface area (Å²) in [4.78, 5) is 12.4. The number of halogens is 1. The van der Waals surface area contributed by atoms with Crippen LogP contribution in [0.15, 0.2) is 27.7 Å². The highest BCUT2D eigenvalue weighted by atomic mass is 35.5. The minimum Gasteiger partial charge on any atom is -0.461 e. The summed E-state index contributed by atoms with van der Waals surface area (Å²) < 4.78 is 4.92. The summed E-state index contributed by atoms with van der Waals surface area (Å²) in [6.45, 7) is 3.90. The fraction of sp³-hybridized carbons (Fsp3) is 0.364. The maximum atomic E-state index is 11.7. The molecule has 17 heavy (non-hydrogen) atoms. The van der Waals surface area contributed by atoms with Gasteiger partial charge < -0.3 is 4.74 Å². The molecule has 0 atom stereocenters. The molecular formula is C11H13ClN2O2S. The molecule has 0 amide bonds. The molecule has 4 nitrogen and oxygen atoms in total. The maximum Gasteiger partial charge on any atom is 0.360 e. The summed E-state index contributed by atoms with van der Waals surface area (Å²) in [5.41, 5.74) is 0.188.